The van der Waals surface area contributed by atoms with Crippen LogP contribution in [0.5, 0.6) is 0 Å². The van der Waals surface area contributed by atoms with E-state index in [1.54, 1.807) is 30.3 Å². The number of carbonyl (C=O) groups excluding carboxylic acids is 1. The third-order valence-electron chi connectivity index (χ3n) is 3.67. The molecule has 0 radical (unpaired) electrons. The number of hydrogen-bond acceptors (Lipinski definition) is 4. The average molecular weight is 369 g/mol. The lowest BCUT2D eigenvalue weighted by Crippen LogP contribution is -2.28. The first-order valence-corrected chi connectivity index (χ1v) is 9.42. The topological polar surface area (TPSA) is 112 Å². The molecule has 0 spiro atoms. The molecular weight excluding hydrogens is 353 g/mol. The highest BCUT2D eigenvalue weighted by Gasteiger charge is 2.32. The Labute approximate surface area is 149 Å². The van der Waals surface area contributed by atoms with Gasteiger partial charge in [-0.1, -0.05) is 60.7 Å². The van der Waals surface area contributed by atoms with Crippen LogP contribution in [-0.4, -0.2) is 25.7 Å². The van der Waals surface area contributed by atoms with Gasteiger partial charge in [-0.25, -0.2) is 9.97 Å². The fourth-order valence-corrected chi connectivity index (χ4v) is 3.23. The molecule has 1 heterocycles. The van der Waals surface area contributed by atoms with Crippen LogP contribution < -0.4 is 5.32 Å². The van der Waals surface area contributed by atoms with E-state index in [-0.39, 0.29) is 5.56 Å². The highest BCUT2D eigenvalue weighted by atomic mass is 31.2. The molecule has 3 aromatic rings. The average Bonchev–Trinajstić information content (AvgIpc) is 2.66. The van der Waals surface area contributed by atoms with Gasteiger partial charge in [-0.15, -0.1) is 0 Å². The van der Waals surface area contributed by atoms with Crippen molar-refractivity contribution in [2.45, 2.75) is 5.78 Å². The lowest BCUT2D eigenvalue weighted by Gasteiger charge is -2.20. The first kappa shape index (κ1) is 17.9. The largest absolute Gasteiger partial charge is 0.352 e. The minimum atomic E-state index is -4.60. The van der Waals surface area contributed by atoms with E-state index >= 15 is 0 Å². The number of hydrogen-bond donors (Lipinski definition) is 3. The molecule has 0 aliphatic rings. The van der Waals surface area contributed by atoms with Crippen LogP contribution in [0.25, 0.3) is 11.4 Å². The lowest BCUT2D eigenvalue weighted by atomic mass is 10.2. The molecule has 1 amide bonds. The number of benzene rings is 2. The van der Waals surface area contributed by atoms with Crippen LogP contribution in [-0.2, 0) is 4.57 Å². The summed E-state index contributed by atoms with van der Waals surface area (Å²) in [4.78, 5) is 39.9. The Kier molecular flexibility index (Phi) is 5.23. The molecule has 26 heavy (non-hydrogen) atoms. The van der Waals surface area contributed by atoms with Crippen molar-refractivity contribution in [3.8, 4) is 11.4 Å². The molecule has 0 fully saturated rings. The van der Waals surface area contributed by atoms with Gasteiger partial charge in [-0.3, -0.25) is 9.36 Å². The Hall–Kier alpha value is -2.86. The van der Waals surface area contributed by atoms with Gasteiger partial charge in [0.25, 0.3) is 5.91 Å². The molecule has 1 atom stereocenters. The number of carbonyl (C=O) groups is 1. The van der Waals surface area contributed by atoms with Crippen molar-refractivity contribution in [3.63, 3.8) is 0 Å². The zero-order valence-electron chi connectivity index (χ0n) is 13.6. The molecule has 3 rings (SSSR count). The van der Waals surface area contributed by atoms with E-state index in [0.29, 0.717) is 11.4 Å². The highest BCUT2D eigenvalue weighted by molar-refractivity contribution is 7.52. The van der Waals surface area contributed by atoms with Crippen molar-refractivity contribution < 1.29 is 19.1 Å². The van der Waals surface area contributed by atoms with Gasteiger partial charge in [0, 0.05) is 18.0 Å². The zero-order chi connectivity index (χ0) is 18.6. The second-order valence-corrected chi connectivity index (χ2v) is 7.23. The van der Waals surface area contributed by atoms with Gasteiger partial charge in [0.05, 0.1) is 5.56 Å². The molecule has 0 saturated carbocycles. The van der Waals surface area contributed by atoms with Crippen molar-refractivity contribution >= 4 is 13.5 Å². The summed E-state index contributed by atoms with van der Waals surface area (Å²) in [7, 11) is -4.60. The maximum Gasteiger partial charge on any atom is 0.352 e. The maximum absolute atomic E-state index is 12.4. The van der Waals surface area contributed by atoms with Gasteiger partial charge in [0.1, 0.15) is 0 Å². The molecule has 3 N–H and O–H groups in total. The summed E-state index contributed by atoms with van der Waals surface area (Å²) in [6.07, 6.45) is 2.65. The third-order valence-corrected chi connectivity index (χ3v) is 4.77. The van der Waals surface area contributed by atoms with Crippen molar-refractivity contribution in [1.82, 2.24) is 15.3 Å². The van der Waals surface area contributed by atoms with Crippen molar-refractivity contribution in [2.75, 3.05) is 0 Å². The molecule has 0 aliphatic carbocycles. The molecule has 132 valence electrons. The lowest BCUT2D eigenvalue weighted by molar-refractivity contribution is 0.0942. The molecule has 0 saturated heterocycles. The van der Waals surface area contributed by atoms with E-state index in [4.69, 9.17) is 0 Å². The Balaban J connectivity index is 1.81. The smallest absolute Gasteiger partial charge is 0.334 e. The molecule has 1 unspecified atom stereocenters. The summed E-state index contributed by atoms with van der Waals surface area (Å²) >= 11 is 0. The van der Waals surface area contributed by atoms with Crippen LogP contribution in [0.1, 0.15) is 21.7 Å². The summed E-state index contributed by atoms with van der Waals surface area (Å²) in [5, 5.41) is 2.37. The Morgan fingerprint density at radius 1 is 0.923 bits per heavy atom. The van der Waals surface area contributed by atoms with Gasteiger partial charge < -0.3 is 15.1 Å². The van der Waals surface area contributed by atoms with E-state index < -0.39 is 19.3 Å². The number of aromatic nitrogens is 2. The van der Waals surface area contributed by atoms with Crippen molar-refractivity contribution in [1.29, 1.82) is 0 Å². The normalized spacial score (nSPS) is 12.4. The third kappa shape index (κ3) is 4.21. The molecule has 0 aliphatic heterocycles. The SMILES string of the molecule is O=C(NC(c1ccccc1)P(=O)(O)O)c1cnc(-c2ccccc2)nc1. The Morgan fingerprint density at radius 3 is 2.00 bits per heavy atom. The van der Waals surface area contributed by atoms with Crippen LogP contribution in [0.2, 0.25) is 0 Å². The number of amides is 1. The maximum atomic E-state index is 12.4. The summed E-state index contributed by atoms with van der Waals surface area (Å²) in [6, 6.07) is 17.3. The Bertz CT molecular complexity index is 928. The van der Waals surface area contributed by atoms with Crippen LogP contribution in [0.3, 0.4) is 0 Å². The first-order chi connectivity index (χ1) is 12.4. The second kappa shape index (κ2) is 7.58. The summed E-state index contributed by atoms with van der Waals surface area (Å²) in [5.74, 6) is -1.65. The zero-order valence-corrected chi connectivity index (χ0v) is 14.5. The molecule has 1 aromatic heterocycles. The molecule has 8 heteroatoms. The Morgan fingerprint density at radius 2 is 1.46 bits per heavy atom. The van der Waals surface area contributed by atoms with Gasteiger partial charge in [-0.05, 0) is 5.56 Å². The highest BCUT2D eigenvalue weighted by Crippen LogP contribution is 2.49. The quantitative estimate of drug-likeness (QED) is 0.596. The first-order valence-electron chi connectivity index (χ1n) is 7.73. The molecular formula is C18H16N3O4P. The summed E-state index contributed by atoms with van der Waals surface area (Å²) < 4.78 is 11.8. The number of nitrogens with one attached hydrogen (secondary N) is 1. The van der Waals surface area contributed by atoms with E-state index in [9.17, 15) is 19.1 Å². The van der Waals surface area contributed by atoms with Gasteiger partial charge in [0.2, 0.25) is 0 Å². The van der Waals surface area contributed by atoms with Crippen LogP contribution >= 0.6 is 7.60 Å². The molecule has 7 nitrogen and oxygen atoms in total. The second-order valence-electron chi connectivity index (χ2n) is 5.54. The number of nitrogens with zero attached hydrogens (tertiary/aromatic N) is 2. The fourth-order valence-electron chi connectivity index (χ4n) is 2.39. The van der Waals surface area contributed by atoms with E-state index in [0.717, 1.165) is 5.56 Å². The van der Waals surface area contributed by atoms with Crippen molar-refractivity contribution in [2.24, 2.45) is 0 Å². The monoisotopic (exact) mass is 369 g/mol. The summed E-state index contributed by atoms with van der Waals surface area (Å²) in [5.41, 5.74) is 1.23. The standard InChI is InChI=1S/C18H16N3O4P/c22-17(21-18(26(23,24)25)14-9-5-2-6-10-14)15-11-19-16(20-12-15)13-7-3-1-4-8-13/h1-12,18H,(H,21,22)(H2,23,24,25). The van der Waals surface area contributed by atoms with E-state index in [1.807, 2.05) is 30.3 Å². The van der Waals surface area contributed by atoms with E-state index in [2.05, 4.69) is 15.3 Å². The summed E-state index contributed by atoms with van der Waals surface area (Å²) in [6.45, 7) is 0. The number of rotatable bonds is 5. The van der Waals surface area contributed by atoms with Gasteiger partial charge in [-0.2, -0.15) is 0 Å². The van der Waals surface area contributed by atoms with E-state index in [1.165, 1.54) is 12.4 Å². The fraction of sp³-hybridized carbons (Fsp3) is 0.0556. The molecule has 0 bridgehead atoms. The molecule has 2 aromatic carbocycles. The van der Waals surface area contributed by atoms with Gasteiger partial charge in [0.15, 0.2) is 11.6 Å². The van der Waals surface area contributed by atoms with Gasteiger partial charge >= 0.3 is 7.60 Å². The minimum Gasteiger partial charge on any atom is -0.334 e. The van der Waals surface area contributed by atoms with Crippen LogP contribution in [0, 0.1) is 0 Å². The predicted molar refractivity (Wildman–Crippen MR) is 96.2 cm³/mol. The van der Waals surface area contributed by atoms with Crippen molar-refractivity contribution in [3.05, 3.63) is 84.2 Å². The predicted octanol–water partition coefficient (Wildman–Crippen LogP) is 2.75. The minimum absolute atomic E-state index is 0.110. The van der Waals surface area contributed by atoms with Crippen LogP contribution in [0.15, 0.2) is 73.1 Å². The van der Waals surface area contributed by atoms with Crippen LogP contribution in [0.4, 0.5) is 0 Å².